The molecule has 2 bridgehead atoms. The molecule has 1 aromatic carbocycles. The predicted octanol–water partition coefficient (Wildman–Crippen LogP) is 1.46. The van der Waals surface area contributed by atoms with Crippen LogP contribution in [0.3, 0.4) is 0 Å². The molecule has 23 heavy (non-hydrogen) atoms. The number of amides is 1. The lowest BCUT2D eigenvalue weighted by Crippen LogP contribution is -2.47. The topological polar surface area (TPSA) is 41.5 Å². The van der Waals surface area contributed by atoms with Crippen molar-refractivity contribution in [1.82, 2.24) is 5.32 Å². The second-order valence-electron chi connectivity index (χ2n) is 7.17. The maximum atomic E-state index is 12.6. The van der Waals surface area contributed by atoms with E-state index >= 15 is 0 Å². The van der Waals surface area contributed by atoms with Gasteiger partial charge in [0.1, 0.15) is 13.3 Å². The molecule has 2 fully saturated rings. The monoisotopic (exact) mass is 302 g/mol. The molecule has 2 aliphatic carbocycles. The average Bonchev–Trinajstić information content (AvgIpc) is 3.14. The molecule has 4 rings (SSSR count). The van der Waals surface area contributed by atoms with Crippen molar-refractivity contribution in [3.8, 4) is 11.8 Å². The van der Waals surface area contributed by atoms with Crippen molar-refractivity contribution < 1.29 is 4.79 Å². The third-order valence-corrected chi connectivity index (χ3v) is 5.60. The SMILES string of the molecule is [B]c1ccc(C2(C)C#CC(=NC3CC4CCC3C4)NC2=O)cc1. The summed E-state index contributed by atoms with van der Waals surface area (Å²) in [5.41, 5.74) is 0.692. The van der Waals surface area contributed by atoms with Crippen LogP contribution in [0.5, 0.6) is 0 Å². The first-order valence-electron chi connectivity index (χ1n) is 8.33. The Hall–Kier alpha value is -2.02. The summed E-state index contributed by atoms with van der Waals surface area (Å²) in [6.07, 6.45) is 5.07. The molecule has 3 nitrogen and oxygen atoms in total. The number of carbonyl (C=O) groups excluding carboxylic acids is 1. The van der Waals surface area contributed by atoms with Gasteiger partial charge >= 0.3 is 0 Å². The quantitative estimate of drug-likeness (QED) is 0.652. The number of aliphatic imine (C=N–C) groups is 1. The highest BCUT2D eigenvalue weighted by Gasteiger charge is 2.41. The average molecular weight is 302 g/mol. The molecule has 4 heteroatoms. The molecule has 4 atom stereocenters. The van der Waals surface area contributed by atoms with E-state index in [-0.39, 0.29) is 5.91 Å². The van der Waals surface area contributed by atoms with Gasteiger partial charge in [0.25, 0.3) is 0 Å². The zero-order valence-corrected chi connectivity index (χ0v) is 13.3. The third-order valence-electron chi connectivity index (χ3n) is 5.60. The van der Waals surface area contributed by atoms with Gasteiger partial charge < -0.3 is 5.32 Å². The molecule has 0 spiro atoms. The summed E-state index contributed by atoms with van der Waals surface area (Å²) in [6.45, 7) is 1.84. The van der Waals surface area contributed by atoms with E-state index < -0.39 is 5.41 Å². The molecule has 2 radical (unpaired) electrons. The van der Waals surface area contributed by atoms with Crippen LogP contribution >= 0.6 is 0 Å². The van der Waals surface area contributed by atoms with Crippen molar-refractivity contribution >= 4 is 25.1 Å². The molecule has 0 aromatic heterocycles. The number of nitrogens with zero attached hydrogens (tertiary/aromatic N) is 1. The second kappa shape index (κ2) is 5.27. The standard InChI is InChI=1S/C19H19BN2O/c1-19(14-4-6-15(20)7-5-14)9-8-17(22-18(19)23)21-16-11-12-2-3-13(16)10-12/h4-7,12-13,16H,2-3,10-11H2,1H3,(H,21,22,23). The number of hydrogen-bond acceptors (Lipinski definition) is 2. The van der Waals surface area contributed by atoms with Crippen LogP contribution in [-0.4, -0.2) is 25.6 Å². The van der Waals surface area contributed by atoms with E-state index in [0.717, 1.165) is 17.9 Å². The molecule has 2 saturated carbocycles. The maximum absolute atomic E-state index is 12.6. The van der Waals surface area contributed by atoms with Crippen LogP contribution in [0.25, 0.3) is 0 Å². The molecule has 1 amide bonds. The molecule has 4 unspecified atom stereocenters. The fourth-order valence-electron chi connectivity index (χ4n) is 4.12. The number of carbonyl (C=O) groups is 1. The number of fused-ring (bicyclic) bond motifs is 2. The lowest BCUT2D eigenvalue weighted by molar-refractivity contribution is -0.123. The molecule has 1 heterocycles. The smallest absolute Gasteiger partial charge is 0.248 e. The first kappa shape index (κ1) is 14.6. The fraction of sp³-hybridized carbons (Fsp3) is 0.474. The van der Waals surface area contributed by atoms with E-state index in [1.807, 2.05) is 19.1 Å². The Balaban J connectivity index is 1.60. The van der Waals surface area contributed by atoms with Gasteiger partial charge in [0.2, 0.25) is 5.91 Å². The zero-order chi connectivity index (χ0) is 16.0. The molecular weight excluding hydrogens is 283 g/mol. The van der Waals surface area contributed by atoms with Crippen molar-refractivity contribution in [2.75, 3.05) is 0 Å². The van der Waals surface area contributed by atoms with E-state index in [9.17, 15) is 4.79 Å². The maximum Gasteiger partial charge on any atom is 0.248 e. The van der Waals surface area contributed by atoms with E-state index in [0.29, 0.717) is 23.3 Å². The van der Waals surface area contributed by atoms with Gasteiger partial charge in [0, 0.05) is 0 Å². The Kier molecular flexibility index (Phi) is 3.34. The summed E-state index contributed by atoms with van der Waals surface area (Å²) in [6, 6.07) is 7.67. The molecule has 114 valence electrons. The van der Waals surface area contributed by atoms with E-state index in [1.54, 1.807) is 12.1 Å². The van der Waals surface area contributed by atoms with Crippen molar-refractivity contribution in [2.24, 2.45) is 16.8 Å². The van der Waals surface area contributed by atoms with Crippen molar-refractivity contribution in [3.05, 3.63) is 29.8 Å². The van der Waals surface area contributed by atoms with Gasteiger partial charge in [0.15, 0.2) is 5.84 Å². The highest BCUT2D eigenvalue weighted by Crippen LogP contribution is 2.46. The predicted molar refractivity (Wildman–Crippen MR) is 91.8 cm³/mol. The van der Waals surface area contributed by atoms with Gasteiger partial charge in [0.05, 0.1) is 6.04 Å². The van der Waals surface area contributed by atoms with Crippen LogP contribution in [0, 0.1) is 23.7 Å². The number of nitrogens with one attached hydrogen (secondary N) is 1. The summed E-state index contributed by atoms with van der Waals surface area (Å²) in [5, 5.41) is 2.91. The Bertz CT molecular complexity index is 743. The summed E-state index contributed by atoms with van der Waals surface area (Å²) in [5.74, 6) is 8.15. The largest absolute Gasteiger partial charge is 0.302 e. The molecule has 1 aliphatic heterocycles. The van der Waals surface area contributed by atoms with Crippen LogP contribution < -0.4 is 10.8 Å². The first-order chi connectivity index (χ1) is 11.0. The molecule has 0 saturated heterocycles. The van der Waals surface area contributed by atoms with Crippen molar-refractivity contribution in [1.29, 1.82) is 0 Å². The Morgan fingerprint density at radius 2 is 2.04 bits per heavy atom. The number of hydrogen-bond donors (Lipinski definition) is 1. The molecule has 1 aromatic rings. The first-order valence-corrected chi connectivity index (χ1v) is 8.33. The van der Waals surface area contributed by atoms with Gasteiger partial charge in [-0.15, -0.1) is 0 Å². The minimum Gasteiger partial charge on any atom is -0.302 e. The van der Waals surface area contributed by atoms with Crippen molar-refractivity contribution in [3.63, 3.8) is 0 Å². The second-order valence-corrected chi connectivity index (χ2v) is 7.17. The zero-order valence-electron chi connectivity index (χ0n) is 13.3. The summed E-state index contributed by atoms with van der Waals surface area (Å²) >= 11 is 0. The summed E-state index contributed by atoms with van der Waals surface area (Å²) < 4.78 is 0. The van der Waals surface area contributed by atoms with Crippen LogP contribution in [0.1, 0.15) is 38.2 Å². The summed E-state index contributed by atoms with van der Waals surface area (Å²) in [4.78, 5) is 17.4. The molecular formula is C19H19BN2O. The lowest BCUT2D eigenvalue weighted by atomic mass is 9.79. The normalized spacial score (nSPS) is 36.7. The fourth-order valence-corrected chi connectivity index (χ4v) is 4.12. The van der Waals surface area contributed by atoms with Gasteiger partial charge in [-0.25, -0.2) is 0 Å². The Morgan fingerprint density at radius 1 is 1.26 bits per heavy atom. The Morgan fingerprint density at radius 3 is 2.65 bits per heavy atom. The number of amidine groups is 1. The minimum atomic E-state index is -0.846. The van der Waals surface area contributed by atoms with Gasteiger partial charge in [-0.2, -0.15) is 0 Å². The van der Waals surface area contributed by atoms with E-state index in [1.165, 1.54) is 19.3 Å². The van der Waals surface area contributed by atoms with Gasteiger partial charge in [-0.1, -0.05) is 42.1 Å². The van der Waals surface area contributed by atoms with Crippen LogP contribution in [0.15, 0.2) is 29.3 Å². The summed E-state index contributed by atoms with van der Waals surface area (Å²) in [7, 11) is 5.72. The van der Waals surface area contributed by atoms with Gasteiger partial charge in [-0.3, -0.25) is 9.79 Å². The van der Waals surface area contributed by atoms with Crippen LogP contribution in [-0.2, 0) is 10.2 Å². The Labute approximate surface area is 138 Å². The van der Waals surface area contributed by atoms with E-state index in [2.05, 4.69) is 17.2 Å². The van der Waals surface area contributed by atoms with Crippen molar-refractivity contribution in [2.45, 2.75) is 44.1 Å². The highest BCUT2D eigenvalue weighted by molar-refractivity contribution is 6.32. The van der Waals surface area contributed by atoms with E-state index in [4.69, 9.17) is 12.8 Å². The lowest BCUT2D eigenvalue weighted by Gasteiger charge is -2.27. The van der Waals surface area contributed by atoms with Crippen LogP contribution in [0.2, 0.25) is 0 Å². The highest BCUT2D eigenvalue weighted by atomic mass is 16.2. The van der Waals surface area contributed by atoms with Gasteiger partial charge in [-0.05, 0) is 49.5 Å². The molecule has 3 aliphatic rings. The minimum absolute atomic E-state index is 0.108. The number of benzene rings is 1. The molecule has 1 N–H and O–H groups in total. The number of rotatable bonds is 2. The third kappa shape index (κ3) is 2.49. The van der Waals surface area contributed by atoms with Crippen LogP contribution in [0.4, 0.5) is 0 Å².